The summed E-state index contributed by atoms with van der Waals surface area (Å²) in [6.45, 7) is 6.03. The normalized spacial score (nSPS) is 24.0. The maximum absolute atomic E-state index is 14.1. The molecular formula is C29H39BN4O7. The number of benzene rings is 1. The average Bonchev–Trinajstić information content (AvgIpc) is 3.69. The Balaban J connectivity index is 1.37. The number of likely N-dealkylation sites (tertiary alicyclic amines) is 1. The molecule has 2 saturated heterocycles. The van der Waals surface area contributed by atoms with E-state index in [0.717, 1.165) is 36.5 Å². The van der Waals surface area contributed by atoms with Gasteiger partial charge in [0.25, 0.3) is 0 Å². The molecule has 3 heterocycles. The summed E-state index contributed by atoms with van der Waals surface area (Å²) in [5.41, 5.74) is -0.668. The van der Waals surface area contributed by atoms with E-state index in [9.17, 15) is 19.4 Å². The van der Waals surface area contributed by atoms with Gasteiger partial charge in [0.05, 0.1) is 12.5 Å². The number of alkyl carbamates (subject to hydrolysis) is 1. The Kier molecular flexibility index (Phi) is 8.70. The Morgan fingerprint density at radius 2 is 1.88 bits per heavy atom. The second-order valence-corrected chi connectivity index (χ2v) is 12.2. The van der Waals surface area contributed by atoms with Gasteiger partial charge in [-0.15, -0.1) is 0 Å². The molecule has 1 aromatic carbocycles. The number of nitrogens with one attached hydrogen (secondary N) is 2. The van der Waals surface area contributed by atoms with Crippen LogP contribution >= 0.6 is 0 Å². The zero-order valence-electron chi connectivity index (χ0n) is 23.9. The van der Waals surface area contributed by atoms with Crippen LogP contribution in [0, 0.1) is 5.41 Å². The number of carbonyl (C=O) groups is 3. The van der Waals surface area contributed by atoms with Crippen molar-refractivity contribution in [3.63, 3.8) is 0 Å². The Morgan fingerprint density at radius 3 is 2.59 bits per heavy atom. The minimum absolute atomic E-state index is 0.122. The quantitative estimate of drug-likeness (QED) is 0.435. The number of pyridine rings is 1. The highest BCUT2D eigenvalue weighted by atomic mass is 16.6. The lowest BCUT2D eigenvalue weighted by Crippen LogP contribution is -2.59. The van der Waals surface area contributed by atoms with E-state index in [-0.39, 0.29) is 19.1 Å². The van der Waals surface area contributed by atoms with E-state index in [2.05, 4.69) is 15.6 Å². The number of aromatic nitrogens is 1. The number of ether oxygens (including phenoxy) is 2. The van der Waals surface area contributed by atoms with Crippen LogP contribution in [0.4, 0.5) is 4.79 Å². The molecular weight excluding hydrogens is 527 g/mol. The van der Waals surface area contributed by atoms with Crippen molar-refractivity contribution in [3.05, 3.63) is 36.5 Å². The zero-order valence-corrected chi connectivity index (χ0v) is 23.9. The third-order valence-corrected chi connectivity index (χ3v) is 8.10. The molecule has 0 bridgehead atoms. The Bertz CT molecular complexity index is 1260. The van der Waals surface area contributed by atoms with Crippen molar-refractivity contribution >= 4 is 35.8 Å². The Labute approximate surface area is 240 Å². The van der Waals surface area contributed by atoms with Gasteiger partial charge in [-0.3, -0.25) is 9.59 Å². The fourth-order valence-electron chi connectivity index (χ4n) is 5.84. The molecule has 3 aliphatic rings. The fourth-order valence-corrected chi connectivity index (χ4v) is 5.84. The smallest absolute Gasteiger partial charge is 0.472 e. The van der Waals surface area contributed by atoms with Crippen molar-refractivity contribution in [2.75, 3.05) is 13.2 Å². The fraction of sp³-hybridized carbons (Fsp3) is 0.586. The number of carbonyl (C=O) groups excluding carboxylic acids is 3. The average molecular weight is 566 g/mol. The molecule has 0 radical (unpaired) electrons. The van der Waals surface area contributed by atoms with Gasteiger partial charge in [0.15, 0.2) is 0 Å². The highest BCUT2D eigenvalue weighted by molar-refractivity contribution is 6.46. The van der Waals surface area contributed by atoms with Crippen LogP contribution in [-0.2, 0) is 19.0 Å². The standard InChI is InChI=1S/C29H39BN4O7/c1-29(2,3)24(33-28(37)41-19-9-5-6-10-19)27(36)34-17-20(16-22(34)25(35)32-23-13-15-39-30(23)38)40-26-21-11-7-4-8-18(21)12-14-31-26/h4,7-8,11-12,14,19-20,22-24,38H,5-6,9-10,13,15-17H2,1-3H3,(H,32,35)(H,33,37)/t20-,22+,23?,24-/m1/s1. The predicted molar refractivity (Wildman–Crippen MR) is 152 cm³/mol. The molecule has 2 aromatic rings. The van der Waals surface area contributed by atoms with Crippen molar-refractivity contribution in [1.82, 2.24) is 20.5 Å². The molecule has 1 aromatic heterocycles. The molecule has 1 unspecified atom stereocenters. The van der Waals surface area contributed by atoms with Crippen LogP contribution in [0.1, 0.15) is 59.3 Å². The second-order valence-electron chi connectivity index (χ2n) is 12.2. The Hall–Kier alpha value is -3.38. The summed E-state index contributed by atoms with van der Waals surface area (Å²) in [6.07, 6.45) is 4.69. The van der Waals surface area contributed by atoms with Crippen molar-refractivity contribution < 1.29 is 33.5 Å². The third kappa shape index (κ3) is 6.75. The molecule has 1 saturated carbocycles. The van der Waals surface area contributed by atoms with E-state index in [1.54, 1.807) is 6.20 Å². The van der Waals surface area contributed by atoms with Crippen molar-refractivity contribution in [3.8, 4) is 5.88 Å². The van der Waals surface area contributed by atoms with Gasteiger partial charge in [-0.2, -0.15) is 0 Å². The number of nitrogens with zero attached hydrogens (tertiary/aromatic N) is 2. The number of fused-ring (bicyclic) bond motifs is 1. The first-order valence-electron chi connectivity index (χ1n) is 14.5. The van der Waals surface area contributed by atoms with Gasteiger partial charge in [-0.1, -0.05) is 39.0 Å². The monoisotopic (exact) mass is 566 g/mol. The van der Waals surface area contributed by atoms with Gasteiger partial charge in [0.1, 0.15) is 24.3 Å². The first-order chi connectivity index (χ1) is 19.6. The van der Waals surface area contributed by atoms with Crippen LogP contribution in [0.3, 0.4) is 0 Å². The molecule has 11 nitrogen and oxygen atoms in total. The van der Waals surface area contributed by atoms with E-state index in [0.29, 0.717) is 18.9 Å². The van der Waals surface area contributed by atoms with Crippen LogP contribution in [0.15, 0.2) is 36.5 Å². The lowest BCUT2D eigenvalue weighted by molar-refractivity contribution is -0.142. The topological polar surface area (TPSA) is 139 Å². The summed E-state index contributed by atoms with van der Waals surface area (Å²) in [5, 5.41) is 17.5. The highest BCUT2D eigenvalue weighted by Gasteiger charge is 2.47. The molecule has 1 aliphatic carbocycles. The summed E-state index contributed by atoms with van der Waals surface area (Å²) < 4.78 is 17.1. The molecule has 41 heavy (non-hydrogen) atoms. The van der Waals surface area contributed by atoms with E-state index >= 15 is 0 Å². The molecule has 3 fully saturated rings. The van der Waals surface area contributed by atoms with E-state index in [1.165, 1.54) is 4.90 Å². The second kappa shape index (κ2) is 12.2. The number of amides is 3. The van der Waals surface area contributed by atoms with E-state index in [1.807, 2.05) is 51.1 Å². The molecule has 2 aliphatic heterocycles. The molecule has 3 N–H and O–H groups in total. The minimum Gasteiger partial charge on any atom is -0.472 e. The Morgan fingerprint density at radius 1 is 1.12 bits per heavy atom. The van der Waals surface area contributed by atoms with E-state index < -0.39 is 54.6 Å². The predicted octanol–water partition coefficient (Wildman–Crippen LogP) is 2.59. The lowest BCUT2D eigenvalue weighted by Gasteiger charge is -2.35. The first-order valence-corrected chi connectivity index (χ1v) is 14.5. The zero-order chi connectivity index (χ0) is 29.1. The maximum Gasteiger partial charge on any atom is 0.478 e. The maximum atomic E-state index is 14.1. The lowest BCUT2D eigenvalue weighted by atomic mass is 9.80. The number of rotatable bonds is 7. The summed E-state index contributed by atoms with van der Waals surface area (Å²) in [6, 6.07) is 7.77. The number of hydrogen-bond acceptors (Lipinski definition) is 8. The van der Waals surface area contributed by atoms with Crippen molar-refractivity contribution in [1.29, 1.82) is 0 Å². The summed E-state index contributed by atoms with van der Waals surface area (Å²) in [7, 11) is -1.11. The van der Waals surface area contributed by atoms with Gasteiger partial charge in [0, 0.05) is 24.6 Å². The summed E-state index contributed by atoms with van der Waals surface area (Å²) in [5.74, 6) is -0.962. The largest absolute Gasteiger partial charge is 0.478 e. The van der Waals surface area contributed by atoms with Crippen molar-refractivity contribution in [2.24, 2.45) is 5.41 Å². The van der Waals surface area contributed by atoms with Crippen LogP contribution in [0.5, 0.6) is 5.88 Å². The highest BCUT2D eigenvalue weighted by Crippen LogP contribution is 2.31. The molecule has 220 valence electrons. The van der Waals surface area contributed by atoms with E-state index in [4.69, 9.17) is 14.1 Å². The molecule has 5 rings (SSSR count). The minimum atomic E-state index is -1.11. The van der Waals surface area contributed by atoms with Gasteiger partial charge >= 0.3 is 13.2 Å². The summed E-state index contributed by atoms with van der Waals surface area (Å²) >= 11 is 0. The molecule has 4 atom stereocenters. The van der Waals surface area contributed by atoms with Crippen LogP contribution in [-0.4, -0.2) is 83.3 Å². The molecule has 12 heteroatoms. The third-order valence-electron chi connectivity index (χ3n) is 8.10. The first kappa shape index (κ1) is 29.1. The van der Waals surface area contributed by atoms with Gasteiger partial charge in [-0.05, 0) is 55.0 Å². The molecule has 0 spiro atoms. The molecule has 3 amide bonds. The van der Waals surface area contributed by atoms with Gasteiger partial charge < -0.3 is 34.7 Å². The van der Waals surface area contributed by atoms with Crippen LogP contribution in [0.25, 0.3) is 10.8 Å². The van der Waals surface area contributed by atoms with Gasteiger partial charge in [0.2, 0.25) is 17.7 Å². The SMILES string of the molecule is CC(C)(C)[C@H](NC(=O)OC1CCCC1)C(=O)N1C[C@H](Oc2nccc3ccccc23)C[C@H]1C(=O)NC1CCOB1O. The summed E-state index contributed by atoms with van der Waals surface area (Å²) in [4.78, 5) is 46.4. The number of hydrogen-bond donors (Lipinski definition) is 3. The van der Waals surface area contributed by atoms with Crippen molar-refractivity contribution in [2.45, 2.75) is 89.5 Å². The van der Waals surface area contributed by atoms with Gasteiger partial charge in [-0.25, -0.2) is 9.78 Å². The van der Waals surface area contributed by atoms with Crippen LogP contribution in [0.2, 0.25) is 0 Å². The van der Waals surface area contributed by atoms with Crippen LogP contribution < -0.4 is 15.4 Å².